The summed E-state index contributed by atoms with van der Waals surface area (Å²) in [5.74, 6) is -0.636. The van der Waals surface area contributed by atoms with E-state index in [-0.39, 0.29) is 11.4 Å². The summed E-state index contributed by atoms with van der Waals surface area (Å²) in [6.07, 6.45) is 3.98. The van der Waals surface area contributed by atoms with Gasteiger partial charge < -0.3 is 11.1 Å². The maximum absolute atomic E-state index is 13.0. The van der Waals surface area contributed by atoms with E-state index >= 15 is 0 Å². The highest BCUT2D eigenvalue weighted by Crippen LogP contribution is 2.28. The van der Waals surface area contributed by atoms with Crippen LogP contribution in [0.3, 0.4) is 0 Å². The van der Waals surface area contributed by atoms with Crippen LogP contribution in [0.1, 0.15) is 36.0 Å². The molecule has 1 aromatic carbocycles. The first-order chi connectivity index (χ1) is 8.15. The number of amides is 1. The van der Waals surface area contributed by atoms with Gasteiger partial charge >= 0.3 is 0 Å². The minimum absolute atomic E-state index is 0.239. The molecule has 0 spiro atoms. The van der Waals surface area contributed by atoms with Gasteiger partial charge in [0.2, 0.25) is 0 Å². The summed E-state index contributed by atoms with van der Waals surface area (Å²) < 4.78 is 13.0. The Morgan fingerprint density at radius 3 is 2.71 bits per heavy atom. The second kappa shape index (κ2) is 4.84. The third-order valence-electron chi connectivity index (χ3n) is 3.42. The number of hydrogen-bond acceptors (Lipinski definition) is 2. The molecule has 0 atom stereocenters. The van der Waals surface area contributed by atoms with E-state index < -0.39 is 5.82 Å². The molecule has 3 nitrogen and oxygen atoms in total. The minimum atomic E-state index is -0.397. The fraction of sp³-hybridized carbons (Fsp3) is 0.462. The predicted octanol–water partition coefficient (Wildman–Crippen LogP) is 1.83. The largest absolute Gasteiger partial charge is 0.345 e. The van der Waals surface area contributed by atoms with Crippen molar-refractivity contribution in [2.75, 3.05) is 6.54 Å². The fourth-order valence-electron chi connectivity index (χ4n) is 2.37. The predicted molar refractivity (Wildman–Crippen MR) is 64.1 cm³/mol. The molecule has 17 heavy (non-hydrogen) atoms. The van der Waals surface area contributed by atoms with Crippen molar-refractivity contribution >= 4 is 5.91 Å². The van der Waals surface area contributed by atoms with Crippen molar-refractivity contribution in [1.29, 1.82) is 0 Å². The van der Waals surface area contributed by atoms with Crippen LogP contribution in [0.2, 0.25) is 0 Å². The maximum atomic E-state index is 13.0. The van der Waals surface area contributed by atoms with Crippen LogP contribution in [0.5, 0.6) is 0 Å². The Labute approximate surface area is 100 Å². The minimum Gasteiger partial charge on any atom is -0.345 e. The van der Waals surface area contributed by atoms with Crippen molar-refractivity contribution in [1.82, 2.24) is 5.32 Å². The summed E-state index contributed by atoms with van der Waals surface area (Å²) in [4.78, 5) is 12.0. The summed E-state index contributed by atoms with van der Waals surface area (Å²) in [7, 11) is 0. The van der Waals surface area contributed by atoms with Crippen LogP contribution in [-0.4, -0.2) is 18.0 Å². The number of rotatable bonds is 3. The van der Waals surface area contributed by atoms with Gasteiger partial charge in [-0.3, -0.25) is 4.79 Å². The third kappa shape index (κ3) is 2.64. The molecule has 92 valence electrons. The standard InChI is InChI=1S/C13H17FN2O/c14-11-5-3-4-10(8-11)12(17)16-13(9-15)6-1-2-7-13/h3-5,8H,1-2,6-7,9,15H2,(H,16,17). The average Bonchev–Trinajstić information content (AvgIpc) is 2.78. The number of benzene rings is 1. The Morgan fingerprint density at radius 1 is 1.41 bits per heavy atom. The molecule has 1 aromatic rings. The van der Waals surface area contributed by atoms with Crippen LogP contribution in [-0.2, 0) is 0 Å². The lowest BCUT2D eigenvalue weighted by Gasteiger charge is -2.28. The van der Waals surface area contributed by atoms with Gasteiger partial charge in [-0.05, 0) is 31.0 Å². The highest BCUT2D eigenvalue weighted by Gasteiger charge is 2.34. The normalized spacial score (nSPS) is 18.0. The van der Waals surface area contributed by atoms with Gasteiger partial charge in [-0.2, -0.15) is 0 Å². The molecule has 0 bridgehead atoms. The average molecular weight is 236 g/mol. The highest BCUT2D eigenvalue weighted by atomic mass is 19.1. The topological polar surface area (TPSA) is 55.1 Å². The zero-order valence-corrected chi connectivity index (χ0v) is 9.71. The molecule has 1 aliphatic carbocycles. The van der Waals surface area contributed by atoms with Crippen LogP contribution in [0.4, 0.5) is 4.39 Å². The van der Waals surface area contributed by atoms with Gasteiger partial charge in [-0.15, -0.1) is 0 Å². The molecule has 2 rings (SSSR count). The summed E-state index contributed by atoms with van der Waals surface area (Å²) >= 11 is 0. The summed E-state index contributed by atoms with van der Waals surface area (Å²) in [5.41, 5.74) is 5.80. The highest BCUT2D eigenvalue weighted by molar-refractivity contribution is 5.94. The van der Waals surface area contributed by atoms with E-state index in [4.69, 9.17) is 5.73 Å². The first kappa shape index (κ1) is 12.0. The van der Waals surface area contributed by atoms with Gasteiger partial charge in [0.25, 0.3) is 5.91 Å². The van der Waals surface area contributed by atoms with Gasteiger partial charge in [0.15, 0.2) is 0 Å². The number of nitrogens with two attached hydrogens (primary N) is 1. The third-order valence-corrected chi connectivity index (χ3v) is 3.42. The molecule has 0 unspecified atom stereocenters. The van der Waals surface area contributed by atoms with E-state index in [1.165, 1.54) is 18.2 Å². The maximum Gasteiger partial charge on any atom is 0.251 e. The van der Waals surface area contributed by atoms with Crippen LogP contribution < -0.4 is 11.1 Å². The van der Waals surface area contributed by atoms with Crippen molar-refractivity contribution < 1.29 is 9.18 Å². The summed E-state index contributed by atoms with van der Waals surface area (Å²) in [6, 6.07) is 5.71. The van der Waals surface area contributed by atoms with E-state index in [0.29, 0.717) is 12.1 Å². The molecule has 1 aliphatic rings. The van der Waals surface area contributed by atoms with Crippen molar-refractivity contribution in [3.8, 4) is 0 Å². The summed E-state index contributed by atoms with van der Waals surface area (Å²) in [6.45, 7) is 0.439. The number of halogens is 1. The van der Waals surface area contributed by atoms with Gasteiger partial charge in [-0.1, -0.05) is 18.9 Å². The Balaban J connectivity index is 2.11. The molecule has 1 fully saturated rings. The molecule has 0 radical (unpaired) electrons. The van der Waals surface area contributed by atoms with Crippen LogP contribution >= 0.6 is 0 Å². The molecule has 4 heteroatoms. The molecule has 1 saturated carbocycles. The Morgan fingerprint density at radius 2 is 2.12 bits per heavy atom. The van der Waals surface area contributed by atoms with E-state index in [1.807, 2.05) is 0 Å². The Hall–Kier alpha value is -1.42. The quantitative estimate of drug-likeness (QED) is 0.841. The molecule has 0 saturated heterocycles. The number of hydrogen-bond donors (Lipinski definition) is 2. The molecular weight excluding hydrogens is 219 g/mol. The van der Waals surface area contributed by atoms with Gasteiger partial charge in [0, 0.05) is 12.1 Å². The Bertz CT molecular complexity index is 414. The molecular formula is C13H17FN2O. The first-order valence-electron chi connectivity index (χ1n) is 5.93. The lowest BCUT2D eigenvalue weighted by Crippen LogP contribution is -2.51. The van der Waals surface area contributed by atoms with Crippen molar-refractivity contribution in [3.63, 3.8) is 0 Å². The van der Waals surface area contributed by atoms with Crippen molar-refractivity contribution in [2.24, 2.45) is 5.73 Å². The zero-order chi connectivity index (χ0) is 12.3. The van der Waals surface area contributed by atoms with Crippen molar-refractivity contribution in [3.05, 3.63) is 35.6 Å². The van der Waals surface area contributed by atoms with Crippen LogP contribution in [0, 0.1) is 5.82 Å². The van der Waals surface area contributed by atoms with Crippen LogP contribution in [0.15, 0.2) is 24.3 Å². The summed E-state index contributed by atoms with van der Waals surface area (Å²) in [5, 5.41) is 2.95. The molecule has 0 aromatic heterocycles. The monoisotopic (exact) mass is 236 g/mol. The number of nitrogens with one attached hydrogen (secondary N) is 1. The number of carbonyl (C=O) groups is 1. The zero-order valence-electron chi connectivity index (χ0n) is 9.71. The molecule has 0 aliphatic heterocycles. The van der Waals surface area contributed by atoms with E-state index in [9.17, 15) is 9.18 Å². The Kier molecular flexibility index (Phi) is 3.43. The van der Waals surface area contributed by atoms with Crippen molar-refractivity contribution in [2.45, 2.75) is 31.2 Å². The SMILES string of the molecule is NCC1(NC(=O)c2cccc(F)c2)CCCC1. The molecule has 0 heterocycles. The van der Waals surface area contributed by atoms with E-state index in [1.54, 1.807) is 6.07 Å². The second-order valence-corrected chi connectivity index (χ2v) is 4.66. The first-order valence-corrected chi connectivity index (χ1v) is 5.93. The second-order valence-electron chi connectivity index (χ2n) is 4.66. The number of carbonyl (C=O) groups excluding carboxylic acids is 1. The van der Waals surface area contributed by atoms with Crippen LogP contribution in [0.25, 0.3) is 0 Å². The smallest absolute Gasteiger partial charge is 0.251 e. The lowest BCUT2D eigenvalue weighted by atomic mass is 9.97. The lowest BCUT2D eigenvalue weighted by molar-refractivity contribution is 0.0902. The molecule has 1 amide bonds. The molecule has 3 N–H and O–H groups in total. The fourth-order valence-corrected chi connectivity index (χ4v) is 2.37. The van der Waals surface area contributed by atoms with E-state index in [0.717, 1.165) is 25.7 Å². The van der Waals surface area contributed by atoms with Gasteiger partial charge in [0.1, 0.15) is 5.82 Å². The van der Waals surface area contributed by atoms with E-state index in [2.05, 4.69) is 5.32 Å². The van der Waals surface area contributed by atoms with Gasteiger partial charge in [-0.25, -0.2) is 4.39 Å². The van der Waals surface area contributed by atoms with Gasteiger partial charge in [0.05, 0.1) is 5.54 Å².